The fourth-order valence-corrected chi connectivity index (χ4v) is 3.54. The number of hydrogen-bond donors (Lipinski definition) is 1. The van der Waals surface area contributed by atoms with Crippen LogP contribution in [0.1, 0.15) is 50.6 Å². The molecule has 1 fully saturated rings. The summed E-state index contributed by atoms with van der Waals surface area (Å²) in [5.41, 5.74) is 2.71. The maximum atomic E-state index is 14.3. The van der Waals surface area contributed by atoms with Crippen molar-refractivity contribution in [1.29, 1.82) is 0 Å². The number of benzene rings is 1. The second-order valence-corrected chi connectivity index (χ2v) is 6.61. The van der Waals surface area contributed by atoms with Crippen molar-refractivity contribution in [2.24, 2.45) is 0 Å². The van der Waals surface area contributed by atoms with Crippen molar-refractivity contribution >= 4 is 32.5 Å². The van der Waals surface area contributed by atoms with E-state index < -0.39 is 0 Å². The van der Waals surface area contributed by atoms with Gasteiger partial charge in [-0.2, -0.15) is 0 Å². The van der Waals surface area contributed by atoms with Gasteiger partial charge in [-0.25, -0.2) is 4.39 Å². The van der Waals surface area contributed by atoms with E-state index in [1.54, 1.807) is 6.07 Å². The molecule has 0 aliphatic heterocycles. The minimum Gasteiger partial charge on any atom is -0.384 e. The first-order valence-corrected chi connectivity index (χ1v) is 8.52. The van der Waals surface area contributed by atoms with Crippen LogP contribution in [-0.2, 0) is 0 Å². The molecule has 3 rings (SSSR count). The van der Waals surface area contributed by atoms with Crippen LogP contribution in [0, 0.1) is 5.82 Å². The molecule has 0 radical (unpaired) electrons. The lowest BCUT2D eigenvalue weighted by Gasteiger charge is -2.16. The maximum absolute atomic E-state index is 14.3. The van der Waals surface area contributed by atoms with Crippen LogP contribution >= 0.6 is 15.9 Å². The highest BCUT2D eigenvalue weighted by Crippen LogP contribution is 2.38. The second kappa shape index (κ2) is 6.30. The molecule has 2 nitrogen and oxygen atoms in total. The molecule has 2 aromatic rings. The van der Waals surface area contributed by atoms with Gasteiger partial charge in [0.15, 0.2) is 0 Å². The Bertz CT molecular complexity index is 651. The quantitative estimate of drug-likeness (QED) is 0.774. The maximum Gasteiger partial charge on any atom is 0.134 e. The number of anilines is 1. The Balaban J connectivity index is 2.16. The molecule has 0 unspecified atom stereocenters. The van der Waals surface area contributed by atoms with Gasteiger partial charge in [-0.15, -0.1) is 0 Å². The molecule has 0 spiro atoms. The Morgan fingerprint density at radius 3 is 2.81 bits per heavy atom. The zero-order valence-corrected chi connectivity index (χ0v) is 13.8. The van der Waals surface area contributed by atoms with E-state index in [1.807, 2.05) is 0 Å². The van der Waals surface area contributed by atoms with Gasteiger partial charge in [0.05, 0.1) is 10.9 Å². The lowest BCUT2D eigenvalue weighted by Crippen LogP contribution is -2.05. The molecule has 1 aliphatic rings. The van der Waals surface area contributed by atoms with Gasteiger partial charge in [-0.3, -0.25) is 4.98 Å². The third-order valence-electron chi connectivity index (χ3n) is 4.22. The number of hydrogen-bond acceptors (Lipinski definition) is 2. The molecule has 1 saturated carbocycles. The third kappa shape index (κ3) is 2.91. The Labute approximate surface area is 133 Å². The SMILES string of the molecule is CCCNc1cc(C2CCCC2)nc2c(Br)ccc(F)c12. The van der Waals surface area contributed by atoms with Crippen molar-refractivity contribution in [1.82, 2.24) is 4.98 Å². The normalized spacial score (nSPS) is 15.8. The van der Waals surface area contributed by atoms with Crippen LogP contribution in [0.2, 0.25) is 0 Å². The number of nitrogens with zero attached hydrogens (tertiary/aromatic N) is 1. The van der Waals surface area contributed by atoms with Crippen LogP contribution in [0.4, 0.5) is 10.1 Å². The summed E-state index contributed by atoms with van der Waals surface area (Å²) in [4.78, 5) is 4.76. The number of fused-ring (bicyclic) bond motifs is 1. The standard InChI is InChI=1S/C17H20BrFN2/c1-2-9-20-15-10-14(11-5-3-4-6-11)21-17-12(18)7-8-13(19)16(15)17/h7-8,10-11H,2-6,9H2,1H3,(H,20,21). The first-order valence-electron chi connectivity index (χ1n) is 7.73. The van der Waals surface area contributed by atoms with Crippen LogP contribution in [-0.4, -0.2) is 11.5 Å². The van der Waals surface area contributed by atoms with Crippen molar-refractivity contribution in [3.05, 3.63) is 34.2 Å². The molecular formula is C17H20BrFN2. The zero-order chi connectivity index (χ0) is 14.8. The molecule has 1 aromatic heterocycles. The predicted octanol–water partition coefficient (Wildman–Crippen LogP) is 5.62. The van der Waals surface area contributed by atoms with E-state index in [4.69, 9.17) is 4.98 Å². The fourth-order valence-electron chi connectivity index (χ4n) is 3.12. The molecule has 0 amide bonds. The molecule has 1 aromatic carbocycles. The fraction of sp³-hybridized carbons (Fsp3) is 0.471. The summed E-state index contributed by atoms with van der Waals surface area (Å²) in [5, 5.41) is 3.97. The zero-order valence-electron chi connectivity index (χ0n) is 12.3. The summed E-state index contributed by atoms with van der Waals surface area (Å²) in [5.74, 6) is 0.309. The van der Waals surface area contributed by atoms with Crippen LogP contribution < -0.4 is 5.32 Å². The van der Waals surface area contributed by atoms with Gasteiger partial charge >= 0.3 is 0 Å². The van der Waals surface area contributed by atoms with Crippen molar-refractivity contribution in [2.45, 2.75) is 44.9 Å². The highest BCUT2D eigenvalue weighted by Gasteiger charge is 2.21. The number of rotatable bonds is 4. The van der Waals surface area contributed by atoms with Crippen molar-refractivity contribution in [3.8, 4) is 0 Å². The number of pyridine rings is 1. The molecule has 4 heteroatoms. The van der Waals surface area contributed by atoms with Crippen LogP contribution in [0.25, 0.3) is 10.9 Å². The molecule has 1 heterocycles. The molecule has 0 atom stereocenters. The number of aromatic nitrogens is 1. The average Bonchev–Trinajstić information content (AvgIpc) is 3.02. The summed E-state index contributed by atoms with van der Waals surface area (Å²) >= 11 is 3.52. The minimum atomic E-state index is -0.211. The van der Waals surface area contributed by atoms with Gasteiger partial charge in [0.1, 0.15) is 5.82 Å². The number of nitrogens with one attached hydrogen (secondary N) is 1. The molecule has 1 N–H and O–H groups in total. The van der Waals surface area contributed by atoms with E-state index in [2.05, 4.69) is 34.2 Å². The van der Waals surface area contributed by atoms with Crippen LogP contribution in [0.3, 0.4) is 0 Å². The third-order valence-corrected chi connectivity index (χ3v) is 4.86. The van der Waals surface area contributed by atoms with Crippen molar-refractivity contribution in [2.75, 3.05) is 11.9 Å². The lowest BCUT2D eigenvalue weighted by molar-refractivity contribution is 0.639. The summed E-state index contributed by atoms with van der Waals surface area (Å²) < 4.78 is 15.1. The highest BCUT2D eigenvalue weighted by molar-refractivity contribution is 9.10. The predicted molar refractivity (Wildman–Crippen MR) is 89.4 cm³/mol. The van der Waals surface area contributed by atoms with Gasteiger partial charge in [-0.05, 0) is 53.4 Å². The Morgan fingerprint density at radius 1 is 1.33 bits per heavy atom. The molecule has 1 aliphatic carbocycles. The monoisotopic (exact) mass is 350 g/mol. The van der Waals surface area contributed by atoms with Gasteiger partial charge in [-0.1, -0.05) is 19.8 Å². The van der Waals surface area contributed by atoms with E-state index in [0.717, 1.165) is 34.3 Å². The van der Waals surface area contributed by atoms with Gasteiger partial charge in [0, 0.05) is 28.3 Å². The van der Waals surface area contributed by atoms with Gasteiger partial charge < -0.3 is 5.32 Å². The summed E-state index contributed by atoms with van der Waals surface area (Å²) in [6, 6.07) is 5.30. The van der Waals surface area contributed by atoms with E-state index in [1.165, 1.54) is 31.7 Å². The molecule has 112 valence electrons. The Hall–Kier alpha value is -1.16. The van der Waals surface area contributed by atoms with Crippen molar-refractivity contribution < 1.29 is 4.39 Å². The Morgan fingerprint density at radius 2 is 2.10 bits per heavy atom. The smallest absolute Gasteiger partial charge is 0.134 e. The minimum absolute atomic E-state index is 0.211. The summed E-state index contributed by atoms with van der Waals surface area (Å²) in [7, 11) is 0. The second-order valence-electron chi connectivity index (χ2n) is 5.76. The average molecular weight is 351 g/mol. The molecule has 21 heavy (non-hydrogen) atoms. The summed E-state index contributed by atoms with van der Waals surface area (Å²) in [6.07, 6.45) is 5.94. The first kappa shape index (κ1) is 14.8. The van der Waals surface area contributed by atoms with Crippen LogP contribution in [0.15, 0.2) is 22.7 Å². The largest absolute Gasteiger partial charge is 0.384 e. The Kier molecular flexibility index (Phi) is 4.43. The van der Waals surface area contributed by atoms with E-state index >= 15 is 0 Å². The van der Waals surface area contributed by atoms with E-state index in [9.17, 15) is 4.39 Å². The van der Waals surface area contributed by atoms with Crippen LogP contribution in [0.5, 0.6) is 0 Å². The molecular weight excluding hydrogens is 331 g/mol. The molecule has 0 bridgehead atoms. The topological polar surface area (TPSA) is 24.9 Å². The highest BCUT2D eigenvalue weighted by atomic mass is 79.9. The first-order chi connectivity index (χ1) is 10.2. The molecule has 0 saturated heterocycles. The van der Waals surface area contributed by atoms with Crippen molar-refractivity contribution in [3.63, 3.8) is 0 Å². The number of halogens is 2. The van der Waals surface area contributed by atoms with E-state index in [-0.39, 0.29) is 5.82 Å². The lowest BCUT2D eigenvalue weighted by atomic mass is 10.0. The van der Waals surface area contributed by atoms with E-state index in [0.29, 0.717) is 11.3 Å². The summed E-state index contributed by atoms with van der Waals surface area (Å²) in [6.45, 7) is 2.95. The van der Waals surface area contributed by atoms with Gasteiger partial charge in [0.2, 0.25) is 0 Å². The van der Waals surface area contributed by atoms with Gasteiger partial charge in [0.25, 0.3) is 0 Å².